The monoisotopic (exact) mass is 983 g/mol. The lowest BCUT2D eigenvalue weighted by Crippen LogP contribution is -2.70. The molecule has 0 bridgehead atoms. The molecule has 0 radical (unpaired) electrons. The summed E-state index contributed by atoms with van der Waals surface area (Å²) >= 11 is 0. The number of nitro groups is 1. The first-order valence-corrected chi connectivity index (χ1v) is 25.5. The maximum Gasteiger partial charge on any atom is 0.269 e. The van der Waals surface area contributed by atoms with Gasteiger partial charge in [0.25, 0.3) is 5.69 Å². The second-order valence-electron chi connectivity index (χ2n) is 20.4. The lowest BCUT2D eigenvalue weighted by atomic mass is 9.55. The van der Waals surface area contributed by atoms with Crippen molar-refractivity contribution in [2.24, 2.45) is 22.9 Å². The summed E-state index contributed by atoms with van der Waals surface area (Å²) in [5.74, 6) is -0.711. The van der Waals surface area contributed by atoms with Crippen LogP contribution < -0.4 is 9.47 Å². The van der Waals surface area contributed by atoms with E-state index < -0.39 is 28.3 Å². The molecule has 378 valence electrons. The summed E-state index contributed by atoms with van der Waals surface area (Å²) < 4.78 is 21.6. The number of unbranched alkanes of at least 4 members (excludes halogenated alkanes) is 2. The molecule has 0 spiro atoms. The van der Waals surface area contributed by atoms with E-state index in [9.17, 15) is 20.3 Å². The number of non-ortho nitro benzene ring substituents is 1. The molecule has 1 heterocycles. The van der Waals surface area contributed by atoms with Gasteiger partial charge >= 0.3 is 0 Å². The number of allylic oxidation sites excluding steroid dienone is 1. The number of aliphatic hydroxyl groups is 2. The second kappa shape index (κ2) is 22.3. The molecule has 0 aromatic heterocycles. The highest BCUT2D eigenvalue weighted by atomic mass is 16.7. The fourth-order valence-corrected chi connectivity index (χ4v) is 11.2. The van der Waals surface area contributed by atoms with Gasteiger partial charge in [-0.25, -0.2) is 0 Å². The van der Waals surface area contributed by atoms with Crippen molar-refractivity contribution < 1.29 is 39.0 Å². The fourth-order valence-electron chi connectivity index (χ4n) is 11.2. The van der Waals surface area contributed by atoms with E-state index >= 15 is 4.79 Å². The molecular formula is C61H65N3O9. The van der Waals surface area contributed by atoms with E-state index in [-0.39, 0.29) is 62.1 Å². The van der Waals surface area contributed by atoms with Crippen LogP contribution in [0.3, 0.4) is 0 Å². The number of amides is 1. The Kier molecular flexibility index (Phi) is 15.5. The maximum absolute atomic E-state index is 15.5. The third-order valence-electron chi connectivity index (χ3n) is 14.4. The van der Waals surface area contributed by atoms with Crippen LogP contribution >= 0.6 is 0 Å². The summed E-state index contributed by atoms with van der Waals surface area (Å²) in [5.41, 5.74) is 3.37. The van der Waals surface area contributed by atoms with E-state index in [0.717, 1.165) is 63.9 Å². The van der Waals surface area contributed by atoms with E-state index in [1.807, 2.05) is 86.3 Å². The minimum atomic E-state index is -1.52. The van der Waals surface area contributed by atoms with Crippen molar-refractivity contribution in [1.29, 1.82) is 0 Å². The smallest absolute Gasteiger partial charge is 0.269 e. The highest BCUT2D eigenvalue weighted by Gasteiger charge is 2.65. The van der Waals surface area contributed by atoms with Crippen molar-refractivity contribution >= 4 is 44.9 Å². The number of aliphatic hydroxyl groups excluding tert-OH is 2. The predicted molar refractivity (Wildman–Crippen MR) is 286 cm³/mol. The van der Waals surface area contributed by atoms with Crippen molar-refractivity contribution in [2.45, 2.75) is 95.6 Å². The van der Waals surface area contributed by atoms with Crippen LogP contribution in [0.5, 0.6) is 17.2 Å². The topological polar surface area (TPSA) is 153 Å². The van der Waals surface area contributed by atoms with Crippen LogP contribution in [-0.4, -0.2) is 68.9 Å². The van der Waals surface area contributed by atoms with E-state index in [4.69, 9.17) is 24.2 Å². The third-order valence-corrected chi connectivity index (χ3v) is 14.4. The zero-order valence-corrected chi connectivity index (χ0v) is 41.9. The van der Waals surface area contributed by atoms with Crippen molar-refractivity contribution in [2.75, 3.05) is 19.8 Å². The fraction of sp³-hybridized carbons (Fsp3) is 0.344. The SMILES string of the molecule is C=CCOC12Oc3ccc(Oc4ccc5ccccc5c4)cc3C3C(CCCCO)C(CCCCO)C=C(C(=NOC(C)(C)C)CC1N(Cc1cccc4ccccc14)C(=O)C=Cc1ccc([N+](=O)[O-])cc1)C32. The molecule has 0 saturated heterocycles. The quantitative estimate of drug-likeness (QED) is 0.0250. The summed E-state index contributed by atoms with van der Waals surface area (Å²) in [6.07, 6.45) is 11.9. The number of ether oxygens (including phenoxy) is 3. The minimum Gasteiger partial charge on any atom is -0.459 e. The standard InChI is InChI=1S/C61H65N3O9/c1-5-35-70-61-56(63(40-46-20-14-19-43-16-8-9-21-50(43)46)57(67)32-25-41-23-27-47(28-24-41)64(68)69)39-54(62-73-60(2,3)4)52-37-45(18-10-12-33-65)51(22-11-13-34-66)58(59(52)61)53-38-49(30-31-55(53)72-61)71-48-29-26-42-15-6-7-17-44(42)36-48/h5-9,14-17,19-21,23-32,36-38,45,51,56,58-59,65-66H,1,10-13,18,22,33-35,39-40H2,2-4H3. The Hall–Kier alpha value is -7.12. The summed E-state index contributed by atoms with van der Waals surface area (Å²) in [6.45, 7) is 10.4. The molecule has 3 aliphatic rings. The van der Waals surface area contributed by atoms with Crippen LogP contribution in [0.2, 0.25) is 0 Å². The number of carbonyl (C=O) groups excluding carboxylic acids is 1. The molecular weight excluding hydrogens is 919 g/mol. The van der Waals surface area contributed by atoms with Gasteiger partial charge < -0.3 is 34.2 Å². The van der Waals surface area contributed by atoms with Gasteiger partial charge in [-0.3, -0.25) is 14.9 Å². The summed E-state index contributed by atoms with van der Waals surface area (Å²) in [5, 5.41) is 41.0. The van der Waals surface area contributed by atoms with E-state index in [1.54, 1.807) is 24.3 Å². The molecule has 9 rings (SSSR count). The first kappa shape index (κ1) is 50.8. The number of oxime groups is 1. The molecule has 1 aliphatic heterocycles. The Balaban J connectivity index is 1.26. The van der Waals surface area contributed by atoms with Crippen molar-refractivity contribution in [1.82, 2.24) is 4.90 Å². The molecule has 6 aromatic rings. The van der Waals surface area contributed by atoms with Crippen molar-refractivity contribution in [3.8, 4) is 17.2 Å². The van der Waals surface area contributed by atoms with Gasteiger partial charge in [-0.2, -0.15) is 0 Å². The van der Waals surface area contributed by atoms with Gasteiger partial charge in [0.2, 0.25) is 11.7 Å². The molecule has 12 heteroatoms. The lowest BCUT2D eigenvalue weighted by molar-refractivity contribution is -0.384. The Bertz CT molecular complexity index is 3040. The minimum absolute atomic E-state index is 0.00273. The molecule has 73 heavy (non-hydrogen) atoms. The Morgan fingerprint density at radius 2 is 1.56 bits per heavy atom. The Morgan fingerprint density at radius 3 is 2.30 bits per heavy atom. The predicted octanol–water partition coefficient (Wildman–Crippen LogP) is 12.9. The average Bonchev–Trinajstić information content (AvgIpc) is 3.39. The van der Waals surface area contributed by atoms with Gasteiger partial charge in [0, 0.05) is 55.9 Å². The van der Waals surface area contributed by atoms with E-state index in [0.29, 0.717) is 41.4 Å². The molecule has 6 atom stereocenters. The Morgan fingerprint density at radius 1 is 0.863 bits per heavy atom. The number of hydrogen-bond donors (Lipinski definition) is 2. The van der Waals surface area contributed by atoms with Gasteiger partial charge in [-0.1, -0.05) is 103 Å². The summed E-state index contributed by atoms with van der Waals surface area (Å²) in [6, 6.07) is 39.7. The molecule has 12 nitrogen and oxygen atoms in total. The van der Waals surface area contributed by atoms with Crippen LogP contribution in [0.1, 0.15) is 88.3 Å². The molecule has 6 aromatic carbocycles. The first-order valence-electron chi connectivity index (χ1n) is 25.5. The van der Waals surface area contributed by atoms with Gasteiger partial charge in [0.1, 0.15) is 28.9 Å². The number of nitro benzene ring substituents is 1. The van der Waals surface area contributed by atoms with Crippen molar-refractivity contribution in [3.63, 3.8) is 0 Å². The number of carbonyl (C=O) groups is 1. The normalized spacial score (nSPS) is 21.8. The number of nitrogens with zero attached hydrogens (tertiary/aromatic N) is 3. The lowest BCUT2D eigenvalue weighted by Gasteiger charge is -2.60. The van der Waals surface area contributed by atoms with Gasteiger partial charge in [0.05, 0.1) is 23.2 Å². The number of hydrogen-bond acceptors (Lipinski definition) is 10. The molecule has 6 unspecified atom stereocenters. The third kappa shape index (κ3) is 11.1. The van der Waals surface area contributed by atoms with E-state index in [2.05, 4.69) is 55.1 Å². The van der Waals surface area contributed by atoms with Crippen LogP contribution in [0.4, 0.5) is 5.69 Å². The zero-order valence-electron chi connectivity index (χ0n) is 41.9. The van der Waals surface area contributed by atoms with Gasteiger partial charge in [-0.05, 0) is 145 Å². The molecule has 1 fully saturated rings. The molecule has 1 saturated carbocycles. The zero-order chi connectivity index (χ0) is 51.1. The van der Waals surface area contributed by atoms with Gasteiger partial charge in [0.15, 0.2) is 0 Å². The maximum atomic E-state index is 15.5. The largest absolute Gasteiger partial charge is 0.459 e. The van der Waals surface area contributed by atoms with Crippen molar-refractivity contribution in [3.05, 3.63) is 185 Å². The van der Waals surface area contributed by atoms with Gasteiger partial charge in [-0.15, -0.1) is 6.58 Å². The van der Waals surface area contributed by atoms with Crippen LogP contribution in [0.25, 0.3) is 27.6 Å². The Labute approximate surface area is 427 Å². The molecule has 1 amide bonds. The number of benzene rings is 6. The number of fused-ring (bicyclic) bond motifs is 4. The summed E-state index contributed by atoms with van der Waals surface area (Å²) in [7, 11) is 0. The van der Waals surface area contributed by atoms with Crippen LogP contribution in [0, 0.1) is 27.9 Å². The highest BCUT2D eigenvalue weighted by Crippen LogP contribution is 2.62. The average molecular weight is 984 g/mol. The van der Waals surface area contributed by atoms with Crippen LogP contribution in [-0.2, 0) is 20.9 Å². The first-order chi connectivity index (χ1) is 35.4. The van der Waals surface area contributed by atoms with E-state index in [1.165, 1.54) is 18.2 Å². The molecule has 2 N–H and O–H groups in total. The number of rotatable bonds is 20. The highest BCUT2D eigenvalue weighted by molar-refractivity contribution is 6.03. The summed E-state index contributed by atoms with van der Waals surface area (Å²) in [4.78, 5) is 34.8. The molecule has 2 aliphatic carbocycles. The van der Waals surface area contributed by atoms with Crippen LogP contribution in [0.15, 0.2) is 163 Å². The second-order valence-corrected chi connectivity index (χ2v) is 20.4.